The average molecular weight is 414 g/mol. The van der Waals surface area contributed by atoms with Gasteiger partial charge >= 0.3 is 0 Å². The van der Waals surface area contributed by atoms with Gasteiger partial charge in [-0.05, 0) is 12.1 Å². The minimum Gasteiger partial charge on any atom is -0.368 e. The van der Waals surface area contributed by atoms with Crippen LogP contribution in [0.1, 0.15) is 23.0 Å². The molecule has 6 nitrogen and oxygen atoms in total. The molecule has 0 saturated carbocycles. The van der Waals surface area contributed by atoms with Gasteiger partial charge in [0.15, 0.2) is 5.82 Å². The second-order valence-corrected chi connectivity index (χ2v) is 7.68. The maximum Gasteiger partial charge on any atom is 0.262 e. The summed E-state index contributed by atoms with van der Waals surface area (Å²) < 4.78 is 1.40. The lowest BCUT2D eigenvalue weighted by molar-refractivity contribution is -0.920. The first-order chi connectivity index (χ1) is 15.0. The molecule has 1 heterocycles. The maximum absolute atomic E-state index is 13.1. The Morgan fingerprint density at radius 1 is 0.935 bits per heavy atom. The van der Waals surface area contributed by atoms with E-state index in [-0.39, 0.29) is 18.1 Å². The van der Waals surface area contributed by atoms with Crippen LogP contribution in [0.4, 0.5) is 0 Å². The minimum atomic E-state index is -0.569. The number of hydrogen-bond donors (Lipinski definition) is 2. The van der Waals surface area contributed by atoms with Gasteiger partial charge in [-0.15, -0.1) is 0 Å². The average Bonchev–Trinajstić information content (AvgIpc) is 2.78. The summed E-state index contributed by atoms with van der Waals surface area (Å²) in [6.45, 7) is 0.252. The fourth-order valence-electron chi connectivity index (χ4n) is 4.07. The summed E-state index contributed by atoms with van der Waals surface area (Å²) >= 11 is 0. The second kappa shape index (κ2) is 8.93. The van der Waals surface area contributed by atoms with Gasteiger partial charge < -0.3 is 10.6 Å². The SMILES string of the molecule is C[NH+](Cc1nc2ccccc2c(=O)n1CC(N)=O)C(c1ccccc1)c1ccccc1. The molecule has 0 bridgehead atoms. The van der Waals surface area contributed by atoms with Gasteiger partial charge in [-0.1, -0.05) is 72.8 Å². The summed E-state index contributed by atoms with van der Waals surface area (Å²) in [5.74, 6) is -0.0300. The lowest BCUT2D eigenvalue weighted by Crippen LogP contribution is -3.08. The van der Waals surface area contributed by atoms with E-state index in [1.165, 1.54) is 4.57 Å². The van der Waals surface area contributed by atoms with Crippen molar-refractivity contribution in [1.82, 2.24) is 9.55 Å². The minimum absolute atomic E-state index is 0.0350. The van der Waals surface area contributed by atoms with Crippen LogP contribution in [0.25, 0.3) is 10.9 Å². The van der Waals surface area contributed by atoms with Crippen LogP contribution in [0.2, 0.25) is 0 Å². The molecule has 0 radical (unpaired) electrons. The predicted octanol–water partition coefficient (Wildman–Crippen LogP) is 1.69. The summed E-state index contributed by atoms with van der Waals surface area (Å²) in [7, 11) is 2.07. The van der Waals surface area contributed by atoms with Gasteiger partial charge in [0.1, 0.15) is 19.1 Å². The molecule has 4 rings (SSSR count). The van der Waals surface area contributed by atoms with E-state index in [1.54, 1.807) is 12.1 Å². The number of hydrogen-bond acceptors (Lipinski definition) is 3. The summed E-state index contributed by atoms with van der Waals surface area (Å²) in [6, 6.07) is 27.7. The van der Waals surface area contributed by atoms with E-state index in [0.717, 1.165) is 16.0 Å². The zero-order valence-corrected chi connectivity index (χ0v) is 17.4. The fourth-order valence-corrected chi connectivity index (χ4v) is 4.07. The third kappa shape index (κ3) is 4.39. The molecule has 0 spiro atoms. The van der Waals surface area contributed by atoms with E-state index in [0.29, 0.717) is 23.3 Å². The number of primary amides is 1. The molecule has 0 saturated heterocycles. The van der Waals surface area contributed by atoms with Gasteiger partial charge in [-0.25, -0.2) is 4.98 Å². The Balaban J connectivity index is 1.79. The first-order valence-corrected chi connectivity index (χ1v) is 10.2. The molecule has 3 N–H and O–H groups in total. The summed E-state index contributed by atoms with van der Waals surface area (Å²) in [5, 5.41) is 0.479. The van der Waals surface area contributed by atoms with Crippen LogP contribution in [-0.4, -0.2) is 22.5 Å². The van der Waals surface area contributed by atoms with Crippen LogP contribution in [-0.2, 0) is 17.9 Å². The third-order valence-corrected chi connectivity index (χ3v) is 5.45. The lowest BCUT2D eigenvalue weighted by Gasteiger charge is -2.26. The van der Waals surface area contributed by atoms with Crippen molar-refractivity contribution in [3.05, 3.63) is 112 Å². The van der Waals surface area contributed by atoms with Crippen molar-refractivity contribution in [3.8, 4) is 0 Å². The number of nitrogens with zero attached hydrogens (tertiary/aromatic N) is 2. The normalized spacial score (nSPS) is 12.2. The summed E-state index contributed by atoms with van der Waals surface area (Å²) in [5.41, 5.74) is 8.14. The van der Waals surface area contributed by atoms with Crippen LogP contribution in [0.15, 0.2) is 89.7 Å². The molecular weight excluding hydrogens is 388 g/mol. The van der Waals surface area contributed by atoms with Gasteiger partial charge in [0, 0.05) is 11.1 Å². The molecular formula is C25H25N4O2+. The Morgan fingerprint density at radius 3 is 2.06 bits per heavy atom. The number of carbonyl (C=O) groups is 1. The van der Waals surface area contributed by atoms with Crippen molar-refractivity contribution in [2.45, 2.75) is 19.1 Å². The molecule has 1 atom stereocenters. The third-order valence-electron chi connectivity index (χ3n) is 5.45. The lowest BCUT2D eigenvalue weighted by atomic mass is 9.97. The largest absolute Gasteiger partial charge is 0.368 e. The van der Waals surface area contributed by atoms with Gasteiger partial charge in [-0.3, -0.25) is 14.2 Å². The Bertz CT molecular complexity index is 1210. The number of amides is 1. The van der Waals surface area contributed by atoms with Gasteiger partial charge in [-0.2, -0.15) is 0 Å². The Morgan fingerprint density at radius 2 is 1.48 bits per heavy atom. The number of nitrogens with two attached hydrogens (primary N) is 1. The number of benzene rings is 3. The number of rotatable bonds is 7. The van der Waals surface area contributed by atoms with Crippen LogP contribution in [0.5, 0.6) is 0 Å². The Kier molecular flexibility index (Phi) is 5.91. The smallest absolute Gasteiger partial charge is 0.262 e. The number of nitrogens with one attached hydrogen (secondary N) is 1. The van der Waals surface area contributed by atoms with Gasteiger partial charge in [0.25, 0.3) is 5.56 Å². The van der Waals surface area contributed by atoms with E-state index >= 15 is 0 Å². The van der Waals surface area contributed by atoms with E-state index in [1.807, 2.05) is 48.5 Å². The number of carbonyl (C=O) groups excluding carboxylic acids is 1. The van der Waals surface area contributed by atoms with Crippen LogP contribution >= 0.6 is 0 Å². The zero-order valence-electron chi connectivity index (χ0n) is 17.4. The van der Waals surface area contributed by atoms with E-state index < -0.39 is 5.91 Å². The number of aromatic nitrogens is 2. The summed E-state index contributed by atoms with van der Waals surface area (Å²) in [4.78, 5) is 30.6. The highest BCUT2D eigenvalue weighted by molar-refractivity contribution is 5.78. The molecule has 0 aliphatic rings. The molecule has 1 amide bonds. The second-order valence-electron chi connectivity index (χ2n) is 7.68. The van der Waals surface area contributed by atoms with Crippen molar-refractivity contribution in [2.24, 2.45) is 5.73 Å². The molecule has 1 aromatic heterocycles. The monoisotopic (exact) mass is 413 g/mol. The standard InChI is InChI=1S/C25H24N4O2/c1-28(24(18-10-4-2-5-11-18)19-12-6-3-7-13-19)17-23-27-21-15-9-8-14-20(21)25(31)29(23)16-22(26)30/h2-15,24H,16-17H2,1H3,(H2,26,30)/p+1. The number of fused-ring (bicyclic) bond motifs is 1. The molecule has 0 aliphatic carbocycles. The number of para-hydroxylation sites is 1. The highest BCUT2D eigenvalue weighted by Crippen LogP contribution is 2.19. The molecule has 0 fully saturated rings. The Labute approximate surface area is 180 Å². The first-order valence-electron chi connectivity index (χ1n) is 10.2. The molecule has 31 heavy (non-hydrogen) atoms. The predicted molar refractivity (Wildman–Crippen MR) is 121 cm³/mol. The molecule has 4 aromatic rings. The molecule has 156 valence electrons. The molecule has 1 unspecified atom stereocenters. The van der Waals surface area contributed by atoms with Crippen molar-refractivity contribution in [3.63, 3.8) is 0 Å². The van der Waals surface area contributed by atoms with Gasteiger partial charge in [0.2, 0.25) is 5.91 Å². The van der Waals surface area contributed by atoms with E-state index in [2.05, 4.69) is 31.3 Å². The molecule has 6 heteroatoms. The van der Waals surface area contributed by atoms with Crippen molar-refractivity contribution >= 4 is 16.8 Å². The highest BCUT2D eigenvalue weighted by atomic mass is 16.2. The number of quaternary nitrogens is 1. The quantitative estimate of drug-likeness (QED) is 0.484. The van der Waals surface area contributed by atoms with Gasteiger partial charge in [0.05, 0.1) is 18.0 Å². The fraction of sp³-hybridized carbons (Fsp3) is 0.160. The first kappa shape index (κ1) is 20.5. The molecule has 3 aromatic carbocycles. The van der Waals surface area contributed by atoms with Crippen LogP contribution in [0, 0.1) is 0 Å². The van der Waals surface area contributed by atoms with Crippen LogP contribution in [0.3, 0.4) is 0 Å². The van der Waals surface area contributed by atoms with Crippen molar-refractivity contribution in [2.75, 3.05) is 7.05 Å². The Hall–Kier alpha value is -3.77. The van der Waals surface area contributed by atoms with Crippen molar-refractivity contribution < 1.29 is 9.69 Å². The van der Waals surface area contributed by atoms with Crippen molar-refractivity contribution in [1.29, 1.82) is 0 Å². The zero-order chi connectivity index (χ0) is 21.8. The van der Waals surface area contributed by atoms with Crippen LogP contribution < -0.4 is 16.2 Å². The topological polar surface area (TPSA) is 82.4 Å². The maximum atomic E-state index is 13.1. The summed E-state index contributed by atoms with van der Waals surface area (Å²) in [6.07, 6.45) is 0. The highest BCUT2D eigenvalue weighted by Gasteiger charge is 2.25. The molecule has 0 aliphatic heterocycles. The van der Waals surface area contributed by atoms with E-state index in [4.69, 9.17) is 10.7 Å². The van der Waals surface area contributed by atoms with E-state index in [9.17, 15) is 9.59 Å².